The van der Waals surface area contributed by atoms with Gasteiger partial charge in [0.2, 0.25) is 0 Å². The van der Waals surface area contributed by atoms with Crippen LogP contribution in [0.3, 0.4) is 0 Å². The first-order valence-electron chi connectivity index (χ1n) is 3.25. The van der Waals surface area contributed by atoms with Gasteiger partial charge in [-0.05, 0) is 22.0 Å². The zero-order chi connectivity index (χ0) is 8.55. The van der Waals surface area contributed by atoms with Crippen LogP contribution in [0.2, 0.25) is 0 Å². The smallest absolute Gasteiger partial charge is 0.120 e. The number of fused-ring (bicyclic) bond motifs is 1. The Labute approximate surface area is 81.6 Å². The molecule has 58 valence electrons. The maximum absolute atomic E-state index is 8.73. The summed E-state index contributed by atoms with van der Waals surface area (Å²) in [7, 11) is 0. The van der Waals surface area contributed by atoms with Gasteiger partial charge in [-0.1, -0.05) is 0 Å². The molecule has 0 fully saturated rings. The molecule has 12 heavy (non-hydrogen) atoms. The predicted molar refractivity (Wildman–Crippen MR) is 52.0 cm³/mol. The Kier molecular flexibility index (Phi) is 1.83. The number of halogens is 1. The fourth-order valence-electron chi connectivity index (χ4n) is 0.992. The first kappa shape index (κ1) is 7.71. The summed E-state index contributed by atoms with van der Waals surface area (Å²) in [6.45, 7) is 0. The summed E-state index contributed by atoms with van der Waals surface area (Å²) in [5.74, 6) is 0. The van der Waals surface area contributed by atoms with Crippen LogP contribution in [0.4, 0.5) is 0 Å². The number of hydrogen-bond donors (Lipinski definition) is 0. The van der Waals surface area contributed by atoms with Gasteiger partial charge in [0.15, 0.2) is 0 Å². The lowest BCUT2D eigenvalue weighted by molar-refractivity contribution is 1.37. The molecule has 0 spiro atoms. The fraction of sp³-hybridized carbons (Fsp3) is 0. The SMILES string of the molecule is N#Cc1sc2cnccc2c1Br. The highest BCUT2D eigenvalue weighted by Crippen LogP contribution is 2.33. The van der Waals surface area contributed by atoms with E-state index in [1.54, 1.807) is 12.4 Å². The Hall–Kier alpha value is -0.920. The van der Waals surface area contributed by atoms with Crippen molar-refractivity contribution >= 4 is 37.4 Å². The van der Waals surface area contributed by atoms with Crippen LogP contribution < -0.4 is 0 Å². The van der Waals surface area contributed by atoms with Crippen LogP contribution in [0.25, 0.3) is 10.1 Å². The van der Waals surface area contributed by atoms with Crippen molar-refractivity contribution in [1.29, 1.82) is 5.26 Å². The van der Waals surface area contributed by atoms with E-state index in [1.807, 2.05) is 6.07 Å². The molecule has 0 atom stereocenters. The molecule has 0 bridgehead atoms. The average Bonchev–Trinajstić information content (AvgIpc) is 2.44. The fourth-order valence-corrected chi connectivity index (χ4v) is 2.66. The standard InChI is InChI=1S/C8H3BrN2S/c9-8-5-1-2-11-4-7(5)12-6(8)3-10/h1-2,4H. The lowest BCUT2D eigenvalue weighted by Crippen LogP contribution is -1.67. The Bertz CT molecular complexity index is 469. The molecule has 0 aliphatic rings. The molecule has 0 saturated heterocycles. The second-order valence-corrected chi connectivity index (χ2v) is 4.07. The molecular weight excluding hydrogens is 236 g/mol. The van der Waals surface area contributed by atoms with Crippen molar-refractivity contribution in [1.82, 2.24) is 4.98 Å². The largest absolute Gasteiger partial charge is 0.263 e. The van der Waals surface area contributed by atoms with E-state index in [0.29, 0.717) is 4.88 Å². The lowest BCUT2D eigenvalue weighted by Gasteiger charge is -1.85. The molecule has 0 amide bonds. The summed E-state index contributed by atoms with van der Waals surface area (Å²) < 4.78 is 1.92. The van der Waals surface area contributed by atoms with Gasteiger partial charge in [-0.25, -0.2) is 0 Å². The molecule has 2 heterocycles. The van der Waals surface area contributed by atoms with Crippen LogP contribution >= 0.6 is 27.3 Å². The molecule has 0 aliphatic carbocycles. The molecular formula is C8H3BrN2S. The van der Waals surface area contributed by atoms with Crippen molar-refractivity contribution in [3.8, 4) is 6.07 Å². The lowest BCUT2D eigenvalue weighted by atomic mass is 10.3. The first-order valence-corrected chi connectivity index (χ1v) is 4.86. The molecule has 0 saturated carbocycles. The number of thiophene rings is 1. The predicted octanol–water partition coefficient (Wildman–Crippen LogP) is 2.93. The minimum Gasteiger partial charge on any atom is -0.263 e. The Balaban J connectivity index is 2.90. The third-order valence-electron chi connectivity index (χ3n) is 1.53. The summed E-state index contributed by atoms with van der Waals surface area (Å²) in [6, 6.07) is 4.03. The summed E-state index contributed by atoms with van der Waals surface area (Å²) in [6.07, 6.45) is 3.49. The van der Waals surface area contributed by atoms with Gasteiger partial charge in [0.05, 0.1) is 9.17 Å². The summed E-state index contributed by atoms with van der Waals surface area (Å²) in [4.78, 5) is 4.69. The van der Waals surface area contributed by atoms with Gasteiger partial charge in [-0.3, -0.25) is 4.98 Å². The van der Waals surface area contributed by atoms with Crippen molar-refractivity contribution in [2.75, 3.05) is 0 Å². The number of rotatable bonds is 0. The maximum Gasteiger partial charge on any atom is 0.120 e. The highest BCUT2D eigenvalue weighted by molar-refractivity contribution is 9.10. The Morgan fingerprint density at radius 1 is 1.58 bits per heavy atom. The van der Waals surface area contributed by atoms with Crippen LogP contribution in [-0.2, 0) is 0 Å². The zero-order valence-electron chi connectivity index (χ0n) is 5.91. The van der Waals surface area contributed by atoms with E-state index in [2.05, 4.69) is 27.0 Å². The Morgan fingerprint density at radius 3 is 3.08 bits per heavy atom. The molecule has 2 nitrogen and oxygen atoms in total. The topological polar surface area (TPSA) is 36.7 Å². The highest BCUT2D eigenvalue weighted by atomic mass is 79.9. The summed E-state index contributed by atoms with van der Waals surface area (Å²) >= 11 is 4.83. The van der Waals surface area contributed by atoms with Crippen molar-refractivity contribution in [2.24, 2.45) is 0 Å². The highest BCUT2D eigenvalue weighted by Gasteiger charge is 2.07. The zero-order valence-corrected chi connectivity index (χ0v) is 8.32. The van der Waals surface area contributed by atoms with Gasteiger partial charge >= 0.3 is 0 Å². The monoisotopic (exact) mass is 238 g/mol. The van der Waals surface area contributed by atoms with Crippen LogP contribution in [0, 0.1) is 11.3 Å². The number of nitriles is 1. The van der Waals surface area contributed by atoms with Gasteiger partial charge in [-0.15, -0.1) is 11.3 Å². The van der Waals surface area contributed by atoms with E-state index in [9.17, 15) is 0 Å². The van der Waals surface area contributed by atoms with E-state index in [1.165, 1.54) is 11.3 Å². The van der Waals surface area contributed by atoms with E-state index in [4.69, 9.17) is 5.26 Å². The van der Waals surface area contributed by atoms with Crippen molar-refractivity contribution in [3.63, 3.8) is 0 Å². The van der Waals surface area contributed by atoms with Crippen LogP contribution in [-0.4, -0.2) is 4.98 Å². The molecule has 2 aromatic rings. The molecule has 0 unspecified atom stereocenters. The minimum atomic E-state index is 0.706. The molecule has 2 aromatic heterocycles. The summed E-state index contributed by atoms with van der Waals surface area (Å²) in [5, 5.41) is 9.79. The molecule has 4 heteroatoms. The van der Waals surface area contributed by atoms with Crippen molar-refractivity contribution in [2.45, 2.75) is 0 Å². The van der Waals surface area contributed by atoms with E-state index in [-0.39, 0.29) is 0 Å². The first-order chi connectivity index (χ1) is 5.83. The summed E-state index contributed by atoms with van der Waals surface area (Å²) in [5.41, 5.74) is 0. The minimum absolute atomic E-state index is 0.706. The molecule has 0 aromatic carbocycles. The second kappa shape index (κ2) is 2.85. The maximum atomic E-state index is 8.73. The van der Waals surface area contributed by atoms with Crippen LogP contribution in [0.1, 0.15) is 4.88 Å². The average molecular weight is 239 g/mol. The van der Waals surface area contributed by atoms with E-state index >= 15 is 0 Å². The molecule has 0 radical (unpaired) electrons. The normalized spacial score (nSPS) is 10.0. The van der Waals surface area contributed by atoms with Crippen molar-refractivity contribution in [3.05, 3.63) is 27.8 Å². The van der Waals surface area contributed by atoms with Crippen LogP contribution in [0.15, 0.2) is 22.9 Å². The van der Waals surface area contributed by atoms with Crippen molar-refractivity contribution < 1.29 is 0 Å². The number of pyridine rings is 1. The quantitative estimate of drug-likeness (QED) is 0.708. The second-order valence-electron chi connectivity index (χ2n) is 2.23. The van der Waals surface area contributed by atoms with Gasteiger partial charge in [0.1, 0.15) is 10.9 Å². The third kappa shape index (κ3) is 1.02. The third-order valence-corrected chi connectivity index (χ3v) is 3.66. The van der Waals surface area contributed by atoms with Gasteiger partial charge in [0.25, 0.3) is 0 Å². The van der Waals surface area contributed by atoms with E-state index in [0.717, 1.165) is 14.6 Å². The van der Waals surface area contributed by atoms with Gasteiger partial charge in [0, 0.05) is 17.8 Å². The van der Waals surface area contributed by atoms with Gasteiger partial charge < -0.3 is 0 Å². The Morgan fingerprint density at radius 2 is 2.42 bits per heavy atom. The van der Waals surface area contributed by atoms with Gasteiger partial charge in [-0.2, -0.15) is 5.26 Å². The molecule has 2 rings (SSSR count). The van der Waals surface area contributed by atoms with E-state index < -0.39 is 0 Å². The number of nitrogens with zero attached hydrogens (tertiary/aromatic N) is 2. The number of aromatic nitrogens is 1. The van der Waals surface area contributed by atoms with Crippen LogP contribution in [0.5, 0.6) is 0 Å². The number of hydrogen-bond acceptors (Lipinski definition) is 3. The molecule has 0 N–H and O–H groups in total. The molecule has 0 aliphatic heterocycles.